The van der Waals surface area contributed by atoms with Crippen LogP contribution < -0.4 is 0 Å². The van der Waals surface area contributed by atoms with E-state index < -0.39 is 9.84 Å². The first kappa shape index (κ1) is 19.0. The first-order valence-corrected chi connectivity index (χ1v) is 11.7. The van der Waals surface area contributed by atoms with Crippen molar-refractivity contribution in [1.29, 1.82) is 0 Å². The number of benzene rings is 2. The zero-order valence-electron chi connectivity index (χ0n) is 16.2. The Morgan fingerprint density at radius 1 is 0.714 bits per heavy atom. The fraction of sp³-hybridized carbons (Fsp3) is 0.333. The van der Waals surface area contributed by atoms with Gasteiger partial charge in [0.15, 0.2) is 0 Å². The number of hydrogen-bond donors (Lipinski definition) is 0. The van der Waals surface area contributed by atoms with Crippen molar-refractivity contribution >= 4 is 19.6 Å². The van der Waals surface area contributed by atoms with E-state index in [1.54, 1.807) is 0 Å². The van der Waals surface area contributed by atoms with Crippen molar-refractivity contribution in [3.8, 4) is 0 Å². The highest BCUT2D eigenvalue weighted by Crippen LogP contribution is 2.39. The lowest BCUT2D eigenvalue weighted by Crippen LogP contribution is -2.22. The van der Waals surface area contributed by atoms with E-state index >= 15 is 0 Å². The van der Waals surface area contributed by atoms with Crippen LogP contribution >= 0.6 is 0 Å². The van der Waals surface area contributed by atoms with Gasteiger partial charge >= 0.3 is 0 Å². The third-order valence-corrected chi connectivity index (χ3v) is 7.59. The van der Waals surface area contributed by atoms with Gasteiger partial charge in [0, 0.05) is 18.8 Å². The number of allylic oxidation sites excluding steroid dienone is 2. The highest BCUT2D eigenvalue weighted by atomic mass is 32.2. The summed E-state index contributed by atoms with van der Waals surface area (Å²) in [6.45, 7) is 1.90. The number of rotatable bonds is 3. The van der Waals surface area contributed by atoms with E-state index in [1.165, 1.54) is 0 Å². The molecule has 2 aliphatic rings. The van der Waals surface area contributed by atoms with E-state index in [9.17, 15) is 8.42 Å². The predicted molar refractivity (Wildman–Crippen MR) is 116 cm³/mol. The second-order valence-electron chi connectivity index (χ2n) is 7.52. The summed E-state index contributed by atoms with van der Waals surface area (Å²) in [6, 6.07) is 19.2. The van der Waals surface area contributed by atoms with Gasteiger partial charge in [-0.1, -0.05) is 66.7 Å². The molecule has 0 atom stereocenters. The standard InChI is InChI=1S/C24H27NO2S/c26-28(27)23(20-12-4-1-5-13-20)17-9-3-8-16-22(25-18-10-11-19-25)24(28)21-14-6-2-7-15-21/h1-2,4-7,12-15,17H,3,8-11,16,18-19H2/b23-17-,24-22+. The van der Waals surface area contributed by atoms with Gasteiger partial charge in [0.05, 0.1) is 9.81 Å². The minimum atomic E-state index is -3.64. The molecule has 2 aliphatic heterocycles. The van der Waals surface area contributed by atoms with Crippen LogP contribution in [-0.4, -0.2) is 26.4 Å². The third-order valence-electron chi connectivity index (χ3n) is 5.60. The van der Waals surface area contributed by atoms with Crippen molar-refractivity contribution in [3.05, 3.63) is 83.6 Å². The minimum absolute atomic E-state index is 0.450. The molecule has 2 heterocycles. The summed E-state index contributed by atoms with van der Waals surface area (Å²) in [5.74, 6) is 0. The minimum Gasteiger partial charge on any atom is -0.374 e. The molecule has 0 N–H and O–H groups in total. The molecule has 0 radical (unpaired) electrons. The molecule has 0 saturated carbocycles. The van der Waals surface area contributed by atoms with Gasteiger partial charge < -0.3 is 4.90 Å². The van der Waals surface area contributed by atoms with Crippen LogP contribution in [0.25, 0.3) is 9.81 Å². The molecule has 3 nitrogen and oxygen atoms in total. The van der Waals surface area contributed by atoms with Crippen LogP contribution in [0.4, 0.5) is 0 Å². The molecule has 0 spiro atoms. The highest BCUT2D eigenvalue weighted by molar-refractivity contribution is 8.09. The molecule has 0 unspecified atom stereocenters. The van der Waals surface area contributed by atoms with E-state index in [2.05, 4.69) is 4.90 Å². The lowest BCUT2D eigenvalue weighted by atomic mass is 10.1. The normalized spacial score (nSPS) is 24.7. The van der Waals surface area contributed by atoms with Crippen LogP contribution in [0.15, 0.2) is 72.4 Å². The van der Waals surface area contributed by atoms with Crippen LogP contribution in [0.3, 0.4) is 0 Å². The van der Waals surface area contributed by atoms with Gasteiger partial charge in [-0.2, -0.15) is 0 Å². The third kappa shape index (κ3) is 3.79. The summed E-state index contributed by atoms with van der Waals surface area (Å²) in [6.07, 6.45) is 7.82. The Morgan fingerprint density at radius 2 is 1.32 bits per heavy atom. The van der Waals surface area contributed by atoms with Crippen molar-refractivity contribution in [2.75, 3.05) is 13.1 Å². The number of sulfone groups is 1. The molecule has 4 rings (SSSR count). The maximum atomic E-state index is 14.1. The van der Waals surface area contributed by atoms with E-state index in [0.29, 0.717) is 9.81 Å². The van der Waals surface area contributed by atoms with E-state index in [0.717, 1.165) is 68.4 Å². The molecule has 28 heavy (non-hydrogen) atoms. The summed E-state index contributed by atoms with van der Waals surface area (Å²) in [7, 11) is -3.64. The second kappa shape index (κ2) is 8.36. The lowest BCUT2D eigenvalue weighted by Gasteiger charge is -2.26. The molecule has 0 aromatic heterocycles. The average molecular weight is 394 g/mol. The zero-order chi connectivity index (χ0) is 19.4. The summed E-state index contributed by atoms with van der Waals surface area (Å²) in [4.78, 5) is 3.27. The Bertz CT molecular complexity index is 970. The molecule has 0 aliphatic carbocycles. The smallest absolute Gasteiger partial charge is 0.209 e. The topological polar surface area (TPSA) is 37.4 Å². The maximum absolute atomic E-state index is 14.1. The Hall–Kier alpha value is -2.33. The van der Waals surface area contributed by atoms with Gasteiger partial charge in [-0.05, 0) is 49.7 Å². The summed E-state index contributed by atoms with van der Waals surface area (Å²) in [5, 5.41) is 0. The molecule has 2 aromatic carbocycles. The molecular formula is C24H27NO2S. The zero-order valence-corrected chi connectivity index (χ0v) is 17.0. The summed E-state index contributed by atoms with van der Waals surface area (Å²) in [5.41, 5.74) is 2.58. The van der Waals surface area contributed by atoms with Gasteiger partial charge in [0.1, 0.15) is 0 Å². The molecule has 0 amide bonds. The first-order chi connectivity index (χ1) is 13.7. The fourth-order valence-corrected chi connectivity index (χ4v) is 6.23. The fourth-order valence-electron chi connectivity index (χ4n) is 4.23. The van der Waals surface area contributed by atoms with Gasteiger partial charge in [-0.25, -0.2) is 8.42 Å². The first-order valence-electron chi connectivity index (χ1n) is 10.2. The van der Waals surface area contributed by atoms with Gasteiger partial charge in [-0.15, -0.1) is 0 Å². The SMILES string of the molecule is O=S1(=O)/C(c2ccccc2)=C\CCCC/C(N2CCCC2)=C\1c1ccccc1. The number of likely N-dealkylation sites (tertiary alicyclic amines) is 1. The Morgan fingerprint density at radius 3 is 1.96 bits per heavy atom. The van der Waals surface area contributed by atoms with Crippen molar-refractivity contribution in [1.82, 2.24) is 4.90 Å². The molecule has 0 bridgehead atoms. The highest BCUT2D eigenvalue weighted by Gasteiger charge is 2.32. The second-order valence-corrected chi connectivity index (χ2v) is 9.37. The lowest BCUT2D eigenvalue weighted by molar-refractivity contribution is 0.406. The van der Waals surface area contributed by atoms with Crippen LogP contribution in [0, 0.1) is 0 Å². The van der Waals surface area contributed by atoms with Gasteiger partial charge in [0.25, 0.3) is 0 Å². The van der Waals surface area contributed by atoms with Gasteiger partial charge in [0.2, 0.25) is 9.84 Å². The van der Waals surface area contributed by atoms with Crippen molar-refractivity contribution in [3.63, 3.8) is 0 Å². The monoisotopic (exact) mass is 393 g/mol. The summed E-state index contributed by atoms with van der Waals surface area (Å²) < 4.78 is 28.1. The quantitative estimate of drug-likeness (QED) is 0.693. The molecule has 146 valence electrons. The van der Waals surface area contributed by atoms with Crippen LogP contribution in [0.5, 0.6) is 0 Å². The molecule has 1 saturated heterocycles. The Kier molecular flexibility index (Phi) is 5.67. The maximum Gasteiger partial charge on any atom is 0.209 e. The van der Waals surface area contributed by atoms with Crippen LogP contribution in [-0.2, 0) is 9.84 Å². The van der Waals surface area contributed by atoms with Crippen molar-refractivity contribution in [2.24, 2.45) is 0 Å². The van der Waals surface area contributed by atoms with Crippen molar-refractivity contribution < 1.29 is 8.42 Å². The Balaban J connectivity index is 1.96. The number of hydrogen-bond acceptors (Lipinski definition) is 3. The molecule has 4 heteroatoms. The average Bonchev–Trinajstić information content (AvgIpc) is 3.26. The molecule has 2 aromatic rings. The number of nitrogens with zero attached hydrogens (tertiary/aromatic N) is 1. The van der Waals surface area contributed by atoms with Crippen LogP contribution in [0.1, 0.15) is 49.7 Å². The predicted octanol–water partition coefficient (Wildman–Crippen LogP) is 5.48. The molecule has 1 fully saturated rings. The van der Waals surface area contributed by atoms with Crippen molar-refractivity contribution in [2.45, 2.75) is 38.5 Å². The van der Waals surface area contributed by atoms with Crippen LogP contribution in [0.2, 0.25) is 0 Å². The van der Waals surface area contributed by atoms with E-state index in [-0.39, 0.29) is 0 Å². The Labute approximate surface area is 168 Å². The van der Waals surface area contributed by atoms with E-state index in [4.69, 9.17) is 0 Å². The molecular weight excluding hydrogens is 366 g/mol. The largest absolute Gasteiger partial charge is 0.374 e. The van der Waals surface area contributed by atoms with Gasteiger partial charge in [-0.3, -0.25) is 0 Å². The summed E-state index contributed by atoms with van der Waals surface area (Å²) >= 11 is 0. The van der Waals surface area contributed by atoms with E-state index in [1.807, 2.05) is 66.7 Å².